The normalized spacial score (nSPS) is 11.6. The molecule has 3 aromatic rings. The highest BCUT2D eigenvalue weighted by Crippen LogP contribution is 2.38. The van der Waals surface area contributed by atoms with Crippen LogP contribution in [-0.2, 0) is 0 Å². The van der Waals surface area contributed by atoms with Gasteiger partial charge in [-0.25, -0.2) is 0 Å². The first-order valence-corrected chi connectivity index (χ1v) is 9.33. The molecular formula is C21H21O3P. The zero-order valence-corrected chi connectivity index (χ0v) is 15.5. The molecule has 3 aromatic carbocycles. The Balaban J connectivity index is 2.19. The third kappa shape index (κ3) is 3.62. The van der Waals surface area contributed by atoms with E-state index in [1.54, 1.807) is 21.3 Å². The summed E-state index contributed by atoms with van der Waals surface area (Å²) in [6.45, 7) is 0. The summed E-state index contributed by atoms with van der Waals surface area (Å²) in [7, 11) is 4.25. The molecule has 0 aliphatic carbocycles. The third-order valence-electron chi connectivity index (χ3n) is 3.97. The van der Waals surface area contributed by atoms with Crippen molar-refractivity contribution in [2.45, 2.75) is 0 Å². The van der Waals surface area contributed by atoms with Crippen LogP contribution in [0.2, 0.25) is 0 Å². The summed E-state index contributed by atoms with van der Waals surface area (Å²) in [5, 5.41) is 3.62. The van der Waals surface area contributed by atoms with Crippen molar-refractivity contribution >= 4 is 23.8 Å². The van der Waals surface area contributed by atoms with Gasteiger partial charge in [-0.05, 0) is 42.8 Å². The summed E-state index contributed by atoms with van der Waals surface area (Å²) < 4.78 is 16.5. The Morgan fingerprint density at radius 2 is 1.20 bits per heavy atom. The van der Waals surface area contributed by atoms with Gasteiger partial charge >= 0.3 is 0 Å². The van der Waals surface area contributed by atoms with Crippen molar-refractivity contribution in [2.75, 3.05) is 21.3 Å². The minimum Gasteiger partial charge on any atom is -0.496 e. The highest BCUT2D eigenvalue weighted by Gasteiger charge is 2.21. The largest absolute Gasteiger partial charge is 0.496 e. The average molecular weight is 352 g/mol. The SMILES string of the molecule is COc1ccc(P(c2ccccc2)c2ccccc2OC)cc1OC. The molecule has 0 N–H and O–H groups in total. The molecule has 0 aromatic heterocycles. The Kier molecular flexibility index (Phi) is 5.57. The van der Waals surface area contributed by atoms with E-state index in [1.165, 1.54) is 15.9 Å². The summed E-state index contributed by atoms with van der Waals surface area (Å²) >= 11 is 0. The minimum atomic E-state index is -0.772. The topological polar surface area (TPSA) is 27.7 Å². The summed E-state index contributed by atoms with van der Waals surface area (Å²) in [4.78, 5) is 0. The highest BCUT2D eigenvalue weighted by atomic mass is 31.1. The van der Waals surface area contributed by atoms with Crippen LogP contribution in [-0.4, -0.2) is 21.3 Å². The Bertz CT molecular complexity index is 834. The van der Waals surface area contributed by atoms with Crippen molar-refractivity contribution in [3.05, 3.63) is 72.8 Å². The van der Waals surface area contributed by atoms with Gasteiger partial charge in [0.05, 0.1) is 21.3 Å². The van der Waals surface area contributed by atoms with Crippen LogP contribution in [0.15, 0.2) is 72.8 Å². The number of benzene rings is 3. The molecule has 0 heterocycles. The second kappa shape index (κ2) is 8.04. The van der Waals surface area contributed by atoms with E-state index in [9.17, 15) is 0 Å². The van der Waals surface area contributed by atoms with Crippen LogP contribution < -0.4 is 30.1 Å². The van der Waals surface area contributed by atoms with Gasteiger partial charge in [0, 0.05) is 5.30 Å². The predicted molar refractivity (Wildman–Crippen MR) is 105 cm³/mol. The lowest BCUT2D eigenvalue weighted by Crippen LogP contribution is -2.22. The van der Waals surface area contributed by atoms with E-state index in [2.05, 4.69) is 48.5 Å². The van der Waals surface area contributed by atoms with Crippen molar-refractivity contribution in [3.63, 3.8) is 0 Å². The lowest BCUT2D eigenvalue weighted by atomic mass is 10.3. The van der Waals surface area contributed by atoms with E-state index >= 15 is 0 Å². The van der Waals surface area contributed by atoms with E-state index in [4.69, 9.17) is 14.2 Å². The van der Waals surface area contributed by atoms with Crippen LogP contribution in [0.3, 0.4) is 0 Å². The molecule has 0 saturated carbocycles. The van der Waals surface area contributed by atoms with Crippen LogP contribution in [0.5, 0.6) is 17.2 Å². The Morgan fingerprint density at radius 3 is 1.88 bits per heavy atom. The van der Waals surface area contributed by atoms with E-state index in [0.29, 0.717) is 0 Å². The molecule has 0 aliphatic heterocycles. The van der Waals surface area contributed by atoms with E-state index in [1.807, 2.05) is 24.3 Å². The predicted octanol–water partition coefficient (Wildman–Crippen LogP) is 3.47. The minimum absolute atomic E-state index is 0.731. The zero-order valence-electron chi connectivity index (χ0n) is 14.6. The molecule has 0 spiro atoms. The molecule has 1 atom stereocenters. The third-order valence-corrected chi connectivity index (χ3v) is 6.43. The molecule has 0 fully saturated rings. The van der Waals surface area contributed by atoms with Crippen molar-refractivity contribution in [1.82, 2.24) is 0 Å². The fraction of sp³-hybridized carbons (Fsp3) is 0.143. The molecule has 3 nitrogen and oxygen atoms in total. The molecule has 25 heavy (non-hydrogen) atoms. The molecule has 0 bridgehead atoms. The smallest absolute Gasteiger partial charge is 0.161 e. The number of para-hydroxylation sites is 1. The lowest BCUT2D eigenvalue weighted by Gasteiger charge is -2.22. The van der Waals surface area contributed by atoms with Crippen LogP contribution in [0.4, 0.5) is 0 Å². The Morgan fingerprint density at radius 1 is 0.560 bits per heavy atom. The molecule has 0 amide bonds. The van der Waals surface area contributed by atoms with Gasteiger partial charge in [-0.3, -0.25) is 0 Å². The summed E-state index contributed by atoms with van der Waals surface area (Å²) in [6, 6.07) is 24.8. The van der Waals surface area contributed by atoms with Gasteiger partial charge in [-0.1, -0.05) is 48.5 Å². The molecule has 0 radical (unpaired) electrons. The van der Waals surface area contributed by atoms with Gasteiger partial charge in [0.25, 0.3) is 0 Å². The van der Waals surface area contributed by atoms with Crippen LogP contribution in [0.25, 0.3) is 0 Å². The van der Waals surface area contributed by atoms with Crippen molar-refractivity contribution < 1.29 is 14.2 Å². The van der Waals surface area contributed by atoms with Gasteiger partial charge in [-0.2, -0.15) is 0 Å². The summed E-state index contributed by atoms with van der Waals surface area (Å²) in [6.07, 6.45) is 0. The van der Waals surface area contributed by atoms with Gasteiger partial charge in [0.1, 0.15) is 5.75 Å². The monoisotopic (exact) mass is 352 g/mol. The maximum atomic E-state index is 5.63. The van der Waals surface area contributed by atoms with Crippen LogP contribution in [0, 0.1) is 0 Å². The highest BCUT2D eigenvalue weighted by molar-refractivity contribution is 7.80. The molecular weight excluding hydrogens is 331 g/mol. The van der Waals surface area contributed by atoms with Crippen LogP contribution in [0.1, 0.15) is 0 Å². The van der Waals surface area contributed by atoms with E-state index in [-0.39, 0.29) is 0 Å². The van der Waals surface area contributed by atoms with E-state index in [0.717, 1.165) is 17.2 Å². The number of methoxy groups -OCH3 is 3. The maximum absolute atomic E-state index is 5.63. The standard InChI is InChI=1S/C21H21O3P/c1-22-18-14-13-17(15-20(18)24-3)25(16-9-5-4-6-10-16)21-12-8-7-11-19(21)23-2/h4-15H,1-3H3. The fourth-order valence-electron chi connectivity index (χ4n) is 2.78. The number of hydrogen-bond donors (Lipinski definition) is 0. The summed E-state index contributed by atoms with van der Waals surface area (Å²) in [5.41, 5.74) is 0. The fourth-order valence-corrected chi connectivity index (χ4v) is 5.20. The summed E-state index contributed by atoms with van der Waals surface area (Å²) in [5.74, 6) is 2.36. The molecule has 0 saturated heterocycles. The van der Waals surface area contributed by atoms with Gasteiger partial charge in [0.2, 0.25) is 0 Å². The van der Waals surface area contributed by atoms with Crippen molar-refractivity contribution in [2.24, 2.45) is 0 Å². The number of rotatable bonds is 6. The molecule has 128 valence electrons. The first-order valence-electron chi connectivity index (χ1n) is 7.98. The second-order valence-electron chi connectivity index (χ2n) is 5.38. The quantitative estimate of drug-likeness (QED) is 0.636. The first-order chi connectivity index (χ1) is 12.3. The second-order valence-corrected chi connectivity index (χ2v) is 7.57. The zero-order chi connectivity index (χ0) is 17.6. The van der Waals surface area contributed by atoms with E-state index < -0.39 is 7.92 Å². The Labute approximate surface area is 149 Å². The lowest BCUT2D eigenvalue weighted by molar-refractivity contribution is 0.355. The average Bonchev–Trinajstić information content (AvgIpc) is 2.69. The van der Waals surface area contributed by atoms with Gasteiger partial charge in [0.15, 0.2) is 11.5 Å². The molecule has 1 unspecified atom stereocenters. The van der Waals surface area contributed by atoms with Crippen LogP contribution >= 0.6 is 7.92 Å². The molecule has 0 aliphatic rings. The maximum Gasteiger partial charge on any atom is 0.161 e. The Hall–Kier alpha value is -2.51. The van der Waals surface area contributed by atoms with Gasteiger partial charge in [-0.15, -0.1) is 0 Å². The van der Waals surface area contributed by atoms with Crippen molar-refractivity contribution in [3.8, 4) is 17.2 Å². The van der Waals surface area contributed by atoms with Crippen molar-refractivity contribution in [1.29, 1.82) is 0 Å². The molecule has 4 heteroatoms. The first kappa shape index (κ1) is 17.3. The number of hydrogen-bond acceptors (Lipinski definition) is 3. The molecule has 3 rings (SSSR count). The van der Waals surface area contributed by atoms with Gasteiger partial charge < -0.3 is 14.2 Å². The number of ether oxygens (including phenoxy) is 3.